The van der Waals surface area contributed by atoms with Crippen molar-refractivity contribution >= 4 is 5.97 Å². The van der Waals surface area contributed by atoms with Gasteiger partial charge >= 0.3 is 5.97 Å². The summed E-state index contributed by atoms with van der Waals surface area (Å²) >= 11 is 0. The summed E-state index contributed by atoms with van der Waals surface area (Å²) in [5, 5.41) is 12.6. The van der Waals surface area contributed by atoms with Gasteiger partial charge in [0.25, 0.3) is 0 Å². The molecule has 0 aromatic heterocycles. The first-order chi connectivity index (χ1) is 8.52. The number of carboxylic acids is 1. The van der Waals surface area contributed by atoms with Gasteiger partial charge in [0.05, 0.1) is 0 Å². The van der Waals surface area contributed by atoms with Crippen LogP contribution in [-0.2, 0) is 4.79 Å². The molecule has 0 radical (unpaired) electrons. The molecule has 1 spiro atoms. The van der Waals surface area contributed by atoms with E-state index in [1.807, 2.05) is 13.8 Å². The molecule has 2 N–H and O–H groups in total. The fourth-order valence-electron chi connectivity index (χ4n) is 3.82. The van der Waals surface area contributed by atoms with Crippen LogP contribution in [-0.4, -0.2) is 23.2 Å². The lowest BCUT2D eigenvalue weighted by Gasteiger charge is -2.38. The fraction of sp³-hybridized carbons (Fsp3) is 0.933. The molecule has 0 aromatic rings. The molecule has 3 nitrogen and oxygen atoms in total. The SMILES string of the molecule is CC(C)C(NC1CCC2(CCCC2)CC1)C(=O)O. The molecule has 2 aliphatic rings. The summed E-state index contributed by atoms with van der Waals surface area (Å²) in [6.07, 6.45) is 10.6. The molecule has 18 heavy (non-hydrogen) atoms. The van der Waals surface area contributed by atoms with Gasteiger partial charge in [-0.1, -0.05) is 26.7 Å². The van der Waals surface area contributed by atoms with Crippen LogP contribution in [0.25, 0.3) is 0 Å². The van der Waals surface area contributed by atoms with E-state index in [1.165, 1.54) is 38.5 Å². The minimum atomic E-state index is -0.703. The van der Waals surface area contributed by atoms with Crippen molar-refractivity contribution in [2.45, 2.75) is 77.3 Å². The van der Waals surface area contributed by atoms with Crippen LogP contribution in [0.4, 0.5) is 0 Å². The van der Waals surface area contributed by atoms with Crippen molar-refractivity contribution in [3.63, 3.8) is 0 Å². The average Bonchev–Trinajstić information content (AvgIpc) is 2.76. The summed E-state index contributed by atoms with van der Waals surface area (Å²) < 4.78 is 0. The zero-order valence-electron chi connectivity index (χ0n) is 11.7. The molecule has 1 unspecified atom stereocenters. The monoisotopic (exact) mass is 253 g/mol. The van der Waals surface area contributed by atoms with E-state index in [4.69, 9.17) is 0 Å². The van der Waals surface area contributed by atoms with E-state index >= 15 is 0 Å². The maximum absolute atomic E-state index is 11.2. The van der Waals surface area contributed by atoms with E-state index in [0.717, 1.165) is 12.8 Å². The maximum atomic E-state index is 11.2. The highest BCUT2D eigenvalue weighted by atomic mass is 16.4. The fourth-order valence-corrected chi connectivity index (χ4v) is 3.82. The van der Waals surface area contributed by atoms with Crippen molar-refractivity contribution < 1.29 is 9.90 Å². The summed E-state index contributed by atoms with van der Waals surface area (Å²) in [4.78, 5) is 11.2. The molecule has 0 aromatic carbocycles. The Morgan fingerprint density at radius 3 is 2.17 bits per heavy atom. The van der Waals surface area contributed by atoms with Crippen molar-refractivity contribution in [2.24, 2.45) is 11.3 Å². The van der Waals surface area contributed by atoms with E-state index in [2.05, 4.69) is 5.32 Å². The average molecular weight is 253 g/mol. The Labute approximate surface area is 110 Å². The van der Waals surface area contributed by atoms with Gasteiger partial charge in [-0.2, -0.15) is 0 Å². The number of hydrogen-bond donors (Lipinski definition) is 2. The van der Waals surface area contributed by atoms with Crippen LogP contribution in [0.2, 0.25) is 0 Å². The molecule has 0 saturated heterocycles. The Morgan fingerprint density at radius 1 is 1.17 bits per heavy atom. The van der Waals surface area contributed by atoms with Crippen molar-refractivity contribution in [1.29, 1.82) is 0 Å². The van der Waals surface area contributed by atoms with Crippen molar-refractivity contribution in [3.05, 3.63) is 0 Å². The van der Waals surface area contributed by atoms with Gasteiger partial charge < -0.3 is 10.4 Å². The first-order valence-corrected chi connectivity index (χ1v) is 7.51. The minimum absolute atomic E-state index is 0.157. The lowest BCUT2D eigenvalue weighted by Crippen LogP contribution is -2.48. The Morgan fingerprint density at radius 2 is 1.72 bits per heavy atom. The number of carboxylic acid groups (broad SMARTS) is 1. The number of nitrogens with one attached hydrogen (secondary N) is 1. The lowest BCUT2D eigenvalue weighted by molar-refractivity contribution is -0.141. The molecule has 2 rings (SSSR count). The Hall–Kier alpha value is -0.570. The molecular formula is C15H27NO2. The Bertz CT molecular complexity index is 285. The van der Waals surface area contributed by atoms with Crippen molar-refractivity contribution in [3.8, 4) is 0 Å². The zero-order chi connectivity index (χ0) is 13.2. The predicted molar refractivity (Wildman–Crippen MR) is 72.6 cm³/mol. The first kappa shape index (κ1) is 13.9. The molecule has 0 heterocycles. The van der Waals surface area contributed by atoms with Crippen LogP contribution >= 0.6 is 0 Å². The summed E-state index contributed by atoms with van der Waals surface area (Å²) in [5.41, 5.74) is 0.634. The van der Waals surface area contributed by atoms with Crippen LogP contribution in [0.1, 0.15) is 65.2 Å². The van der Waals surface area contributed by atoms with E-state index in [9.17, 15) is 9.90 Å². The highest BCUT2D eigenvalue weighted by Crippen LogP contribution is 2.48. The summed E-state index contributed by atoms with van der Waals surface area (Å²) in [5.74, 6) is -0.545. The van der Waals surface area contributed by atoms with E-state index in [0.29, 0.717) is 11.5 Å². The van der Waals surface area contributed by atoms with Gasteiger partial charge in [0.1, 0.15) is 6.04 Å². The summed E-state index contributed by atoms with van der Waals surface area (Å²) in [6.45, 7) is 3.96. The normalized spacial score (nSPS) is 25.7. The highest BCUT2D eigenvalue weighted by molar-refractivity contribution is 5.73. The number of carbonyl (C=O) groups is 1. The maximum Gasteiger partial charge on any atom is 0.320 e. The molecule has 0 bridgehead atoms. The molecule has 104 valence electrons. The molecule has 2 fully saturated rings. The van der Waals surface area contributed by atoms with Crippen LogP contribution < -0.4 is 5.32 Å². The van der Waals surface area contributed by atoms with E-state index in [1.54, 1.807) is 0 Å². The van der Waals surface area contributed by atoms with Gasteiger partial charge in [-0.05, 0) is 49.9 Å². The largest absolute Gasteiger partial charge is 0.480 e. The topological polar surface area (TPSA) is 49.3 Å². The molecule has 2 saturated carbocycles. The predicted octanol–water partition coefficient (Wildman–Crippen LogP) is 3.19. The van der Waals surface area contributed by atoms with Crippen LogP contribution in [0.15, 0.2) is 0 Å². The van der Waals surface area contributed by atoms with Gasteiger partial charge in [0.2, 0.25) is 0 Å². The van der Waals surface area contributed by atoms with E-state index in [-0.39, 0.29) is 12.0 Å². The Balaban J connectivity index is 1.84. The molecule has 0 amide bonds. The quantitative estimate of drug-likeness (QED) is 0.809. The van der Waals surface area contributed by atoms with Crippen LogP contribution in [0.3, 0.4) is 0 Å². The molecule has 0 aliphatic heterocycles. The van der Waals surface area contributed by atoms with Gasteiger partial charge in [-0.3, -0.25) is 4.79 Å². The zero-order valence-corrected chi connectivity index (χ0v) is 11.7. The van der Waals surface area contributed by atoms with Crippen molar-refractivity contribution in [1.82, 2.24) is 5.32 Å². The third kappa shape index (κ3) is 3.05. The van der Waals surface area contributed by atoms with Crippen LogP contribution in [0.5, 0.6) is 0 Å². The van der Waals surface area contributed by atoms with Crippen LogP contribution in [0, 0.1) is 11.3 Å². The standard InChI is InChI=1S/C15H27NO2/c1-11(2)13(14(17)18)16-12-5-9-15(10-6-12)7-3-4-8-15/h11-13,16H,3-10H2,1-2H3,(H,17,18). The third-order valence-electron chi connectivity index (χ3n) is 5.06. The van der Waals surface area contributed by atoms with Gasteiger partial charge in [-0.15, -0.1) is 0 Å². The summed E-state index contributed by atoms with van der Waals surface area (Å²) in [6, 6.07) is 0.0346. The lowest BCUT2D eigenvalue weighted by atomic mass is 9.71. The van der Waals surface area contributed by atoms with E-state index < -0.39 is 5.97 Å². The minimum Gasteiger partial charge on any atom is -0.480 e. The smallest absolute Gasteiger partial charge is 0.320 e. The summed E-state index contributed by atoms with van der Waals surface area (Å²) in [7, 11) is 0. The number of aliphatic carboxylic acids is 1. The van der Waals surface area contributed by atoms with Gasteiger partial charge in [-0.25, -0.2) is 0 Å². The number of hydrogen-bond acceptors (Lipinski definition) is 2. The van der Waals surface area contributed by atoms with Gasteiger partial charge in [0, 0.05) is 6.04 Å². The second-order valence-corrected chi connectivity index (χ2v) is 6.71. The second kappa shape index (κ2) is 5.60. The number of rotatable bonds is 4. The second-order valence-electron chi connectivity index (χ2n) is 6.71. The molecule has 3 heteroatoms. The molecule has 1 atom stereocenters. The molecular weight excluding hydrogens is 226 g/mol. The first-order valence-electron chi connectivity index (χ1n) is 7.51. The Kier molecular flexibility index (Phi) is 4.31. The molecule has 2 aliphatic carbocycles. The van der Waals surface area contributed by atoms with Gasteiger partial charge in [0.15, 0.2) is 0 Å². The third-order valence-corrected chi connectivity index (χ3v) is 5.06. The highest BCUT2D eigenvalue weighted by Gasteiger charge is 2.38. The van der Waals surface area contributed by atoms with Crippen molar-refractivity contribution in [2.75, 3.05) is 0 Å².